The average molecular weight is 330 g/mol. The highest BCUT2D eigenvalue weighted by Gasteiger charge is 2.26. The van der Waals surface area contributed by atoms with Crippen molar-refractivity contribution in [3.05, 3.63) is 45.7 Å². The number of aromatic nitrogens is 2. The molecule has 1 saturated heterocycles. The third-order valence-corrected chi connectivity index (χ3v) is 4.96. The van der Waals surface area contributed by atoms with Crippen molar-refractivity contribution in [1.82, 2.24) is 20.2 Å². The number of pyridine rings is 1. The molecule has 0 aromatic carbocycles. The molecule has 0 aliphatic carbocycles. The first kappa shape index (κ1) is 16.1. The summed E-state index contributed by atoms with van der Waals surface area (Å²) < 4.78 is 0. The molecule has 1 atom stereocenters. The number of aryl methyl sites for hydroxylation is 1. The first-order valence-electron chi connectivity index (χ1n) is 7.96. The van der Waals surface area contributed by atoms with Crippen LogP contribution in [0, 0.1) is 6.92 Å². The van der Waals surface area contributed by atoms with Gasteiger partial charge in [-0.25, -0.2) is 4.98 Å². The zero-order chi connectivity index (χ0) is 16.2. The molecule has 6 heteroatoms. The summed E-state index contributed by atoms with van der Waals surface area (Å²) in [6, 6.07) is 4.62. The van der Waals surface area contributed by atoms with Crippen LogP contribution in [0.5, 0.6) is 0 Å². The van der Waals surface area contributed by atoms with E-state index < -0.39 is 0 Å². The van der Waals surface area contributed by atoms with Crippen molar-refractivity contribution in [3.8, 4) is 0 Å². The van der Waals surface area contributed by atoms with Gasteiger partial charge in [0, 0.05) is 31.1 Å². The number of hydrogen-bond acceptors (Lipinski definition) is 5. The lowest BCUT2D eigenvalue weighted by molar-refractivity contribution is -0.119. The van der Waals surface area contributed by atoms with Crippen LogP contribution in [0.25, 0.3) is 0 Å². The second-order valence-corrected chi connectivity index (χ2v) is 7.04. The highest BCUT2D eigenvalue weighted by Crippen LogP contribution is 2.33. The number of amides is 1. The molecule has 1 aliphatic heterocycles. The molecule has 122 valence electrons. The van der Waals surface area contributed by atoms with E-state index in [2.05, 4.69) is 37.7 Å². The molecule has 0 saturated carbocycles. The summed E-state index contributed by atoms with van der Waals surface area (Å²) in [5.74, 6) is -0.0291. The molecule has 5 nitrogen and oxygen atoms in total. The Morgan fingerprint density at radius 1 is 1.48 bits per heavy atom. The van der Waals surface area contributed by atoms with E-state index in [1.165, 1.54) is 18.9 Å². The Morgan fingerprint density at radius 2 is 2.35 bits per heavy atom. The van der Waals surface area contributed by atoms with Crippen LogP contribution in [0.3, 0.4) is 0 Å². The summed E-state index contributed by atoms with van der Waals surface area (Å²) in [5.41, 5.74) is 3.35. The number of thiazole rings is 1. The molecule has 1 fully saturated rings. The molecule has 0 spiro atoms. The average Bonchev–Trinajstić information content (AvgIpc) is 3.15. The van der Waals surface area contributed by atoms with Crippen LogP contribution in [-0.2, 0) is 17.9 Å². The Labute approximate surface area is 140 Å². The van der Waals surface area contributed by atoms with Gasteiger partial charge in [0.25, 0.3) is 0 Å². The quantitative estimate of drug-likeness (QED) is 0.916. The maximum absolute atomic E-state index is 11.1. The van der Waals surface area contributed by atoms with E-state index in [0.29, 0.717) is 12.6 Å². The summed E-state index contributed by atoms with van der Waals surface area (Å²) >= 11 is 1.71. The fraction of sp³-hybridized carbons (Fsp3) is 0.471. The van der Waals surface area contributed by atoms with Crippen molar-refractivity contribution >= 4 is 17.2 Å². The van der Waals surface area contributed by atoms with Gasteiger partial charge >= 0.3 is 0 Å². The van der Waals surface area contributed by atoms with E-state index in [0.717, 1.165) is 35.9 Å². The molecule has 0 unspecified atom stereocenters. The smallest absolute Gasteiger partial charge is 0.217 e. The van der Waals surface area contributed by atoms with Crippen molar-refractivity contribution in [1.29, 1.82) is 0 Å². The van der Waals surface area contributed by atoms with Crippen LogP contribution in [0.2, 0.25) is 0 Å². The lowest BCUT2D eigenvalue weighted by Crippen LogP contribution is -2.24. The third kappa shape index (κ3) is 4.14. The lowest BCUT2D eigenvalue weighted by atomic mass is 10.0. The fourth-order valence-corrected chi connectivity index (χ4v) is 3.70. The van der Waals surface area contributed by atoms with Gasteiger partial charge in [-0.1, -0.05) is 0 Å². The second kappa shape index (κ2) is 7.19. The predicted molar refractivity (Wildman–Crippen MR) is 91.0 cm³/mol. The van der Waals surface area contributed by atoms with Gasteiger partial charge in [0.1, 0.15) is 0 Å². The molecule has 2 aromatic rings. The topological polar surface area (TPSA) is 58.1 Å². The number of likely N-dealkylation sites (tertiary alicyclic amines) is 1. The molecule has 1 amide bonds. The van der Waals surface area contributed by atoms with Crippen molar-refractivity contribution in [2.45, 2.75) is 45.8 Å². The zero-order valence-electron chi connectivity index (χ0n) is 13.6. The zero-order valence-corrected chi connectivity index (χ0v) is 14.4. The Balaban J connectivity index is 1.71. The minimum atomic E-state index is -0.0291. The van der Waals surface area contributed by atoms with Crippen LogP contribution in [0.4, 0.5) is 0 Å². The van der Waals surface area contributed by atoms with E-state index in [-0.39, 0.29) is 5.91 Å². The molecular formula is C17H22N4OS. The molecule has 1 aliphatic rings. The second-order valence-electron chi connectivity index (χ2n) is 5.98. The summed E-state index contributed by atoms with van der Waals surface area (Å²) in [6.07, 6.45) is 4.21. The van der Waals surface area contributed by atoms with Gasteiger partial charge in [-0.3, -0.25) is 14.7 Å². The molecule has 0 bridgehead atoms. The fourth-order valence-electron chi connectivity index (χ4n) is 3.10. The van der Waals surface area contributed by atoms with Crippen LogP contribution in [0.1, 0.15) is 47.8 Å². The molecule has 1 N–H and O–H groups in total. The van der Waals surface area contributed by atoms with Gasteiger partial charge in [0.05, 0.1) is 22.9 Å². The van der Waals surface area contributed by atoms with Gasteiger partial charge in [-0.05, 0) is 44.0 Å². The first-order valence-corrected chi connectivity index (χ1v) is 8.84. The van der Waals surface area contributed by atoms with Gasteiger partial charge in [0.15, 0.2) is 0 Å². The number of rotatable bonds is 5. The maximum atomic E-state index is 11.1. The van der Waals surface area contributed by atoms with Gasteiger partial charge in [-0.2, -0.15) is 0 Å². The van der Waals surface area contributed by atoms with E-state index in [1.807, 2.05) is 13.1 Å². The Morgan fingerprint density at radius 3 is 3.09 bits per heavy atom. The van der Waals surface area contributed by atoms with Crippen LogP contribution < -0.4 is 5.32 Å². The van der Waals surface area contributed by atoms with Crippen molar-refractivity contribution < 1.29 is 4.79 Å². The monoisotopic (exact) mass is 330 g/mol. The number of carbonyl (C=O) groups excluding carboxylic acids is 1. The van der Waals surface area contributed by atoms with E-state index in [1.54, 1.807) is 11.3 Å². The van der Waals surface area contributed by atoms with Crippen LogP contribution in [0.15, 0.2) is 23.7 Å². The molecule has 3 rings (SSSR count). The molecular weight excluding hydrogens is 308 g/mol. The number of carbonyl (C=O) groups is 1. The van der Waals surface area contributed by atoms with Gasteiger partial charge in [0.2, 0.25) is 5.91 Å². The summed E-state index contributed by atoms with van der Waals surface area (Å²) in [7, 11) is 0. The lowest BCUT2D eigenvalue weighted by Gasteiger charge is -2.24. The number of hydrogen-bond donors (Lipinski definition) is 1. The molecule has 2 aromatic heterocycles. The Kier molecular flexibility index (Phi) is 5.03. The third-order valence-electron chi connectivity index (χ3n) is 4.14. The van der Waals surface area contributed by atoms with Gasteiger partial charge < -0.3 is 5.32 Å². The maximum Gasteiger partial charge on any atom is 0.217 e. The number of nitrogens with zero attached hydrogens (tertiary/aromatic N) is 3. The standard InChI is InChI=1S/C17H22N4OS/c1-12(22)19-9-15-8-14(5-6-18-15)17-4-3-7-21(17)10-16-11-23-13(2)20-16/h5-6,8,11,17H,3-4,7,9-10H2,1-2H3,(H,19,22)/t17-/m1/s1. The largest absolute Gasteiger partial charge is 0.351 e. The van der Waals surface area contributed by atoms with E-state index in [4.69, 9.17) is 0 Å². The highest BCUT2D eigenvalue weighted by atomic mass is 32.1. The van der Waals surface area contributed by atoms with Crippen LogP contribution >= 0.6 is 11.3 Å². The molecule has 3 heterocycles. The van der Waals surface area contributed by atoms with E-state index >= 15 is 0 Å². The van der Waals surface area contributed by atoms with Crippen molar-refractivity contribution in [3.63, 3.8) is 0 Å². The van der Waals surface area contributed by atoms with Gasteiger partial charge in [-0.15, -0.1) is 11.3 Å². The van der Waals surface area contributed by atoms with Crippen molar-refractivity contribution in [2.75, 3.05) is 6.54 Å². The Bertz CT molecular complexity index is 685. The van der Waals surface area contributed by atoms with Crippen LogP contribution in [-0.4, -0.2) is 27.3 Å². The first-order chi connectivity index (χ1) is 11.1. The summed E-state index contributed by atoms with van der Waals surface area (Å²) in [5, 5.41) is 6.08. The minimum absolute atomic E-state index is 0.0291. The summed E-state index contributed by atoms with van der Waals surface area (Å²) in [6.45, 7) is 6.06. The SMILES string of the molecule is CC(=O)NCc1cc([C@H]2CCCN2Cc2csc(C)n2)ccn1. The number of nitrogens with one attached hydrogen (secondary N) is 1. The van der Waals surface area contributed by atoms with Crippen molar-refractivity contribution in [2.24, 2.45) is 0 Å². The predicted octanol–water partition coefficient (Wildman–Crippen LogP) is 2.82. The molecule has 23 heavy (non-hydrogen) atoms. The highest BCUT2D eigenvalue weighted by molar-refractivity contribution is 7.09. The van der Waals surface area contributed by atoms with E-state index in [9.17, 15) is 4.79 Å². The minimum Gasteiger partial charge on any atom is -0.351 e. The normalized spacial score (nSPS) is 18.3. The summed E-state index contributed by atoms with van der Waals surface area (Å²) in [4.78, 5) is 22.5. The molecule has 0 radical (unpaired) electrons. The Hall–Kier alpha value is -1.79.